The molecule has 6 nitrogen and oxygen atoms in total. The third-order valence-electron chi connectivity index (χ3n) is 1.34. The van der Waals surface area contributed by atoms with E-state index in [0.29, 0.717) is 0 Å². The SMILES string of the molecule is CC(C)Oc1cnc(N)c(C(=O)O)n1. The summed E-state index contributed by atoms with van der Waals surface area (Å²) in [5, 5.41) is 8.69. The molecule has 1 heterocycles. The van der Waals surface area contributed by atoms with Crippen molar-refractivity contribution in [3.63, 3.8) is 0 Å². The lowest BCUT2D eigenvalue weighted by molar-refractivity contribution is 0.0689. The number of nitrogens with two attached hydrogens (primary N) is 1. The summed E-state index contributed by atoms with van der Waals surface area (Å²) >= 11 is 0. The molecule has 0 saturated carbocycles. The zero-order chi connectivity index (χ0) is 10.7. The fourth-order valence-electron chi connectivity index (χ4n) is 0.838. The van der Waals surface area contributed by atoms with Crippen LogP contribution in [0.15, 0.2) is 6.20 Å². The van der Waals surface area contributed by atoms with Gasteiger partial charge in [0.05, 0.1) is 12.3 Å². The first-order valence-corrected chi connectivity index (χ1v) is 4.03. The molecular formula is C8H11N3O3. The molecule has 6 heteroatoms. The van der Waals surface area contributed by atoms with E-state index >= 15 is 0 Å². The van der Waals surface area contributed by atoms with Gasteiger partial charge in [-0.25, -0.2) is 14.8 Å². The highest BCUT2D eigenvalue weighted by molar-refractivity contribution is 5.90. The highest BCUT2D eigenvalue weighted by Gasteiger charge is 2.13. The Morgan fingerprint density at radius 1 is 1.64 bits per heavy atom. The predicted molar refractivity (Wildman–Crippen MR) is 49.2 cm³/mol. The van der Waals surface area contributed by atoms with Crippen LogP contribution in [0.4, 0.5) is 5.82 Å². The highest BCUT2D eigenvalue weighted by atomic mass is 16.5. The molecule has 0 saturated heterocycles. The smallest absolute Gasteiger partial charge is 0.358 e. The molecule has 0 aliphatic heterocycles. The summed E-state index contributed by atoms with van der Waals surface area (Å²) in [6.45, 7) is 3.61. The number of rotatable bonds is 3. The van der Waals surface area contributed by atoms with Gasteiger partial charge in [0.15, 0.2) is 11.5 Å². The molecule has 0 radical (unpaired) electrons. The number of ether oxygens (including phenoxy) is 1. The molecule has 0 spiro atoms. The van der Waals surface area contributed by atoms with Gasteiger partial charge in [-0.3, -0.25) is 0 Å². The van der Waals surface area contributed by atoms with Crippen LogP contribution in [-0.2, 0) is 0 Å². The van der Waals surface area contributed by atoms with Crippen molar-refractivity contribution in [2.24, 2.45) is 0 Å². The molecule has 3 N–H and O–H groups in total. The fraction of sp³-hybridized carbons (Fsp3) is 0.375. The second-order valence-electron chi connectivity index (χ2n) is 2.91. The standard InChI is InChI=1S/C8H11N3O3/c1-4(2)14-5-3-10-7(9)6(11-5)8(12)13/h3-4H,1-2H3,(H2,9,10)(H,12,13). The number of nitrogens with zero attached hydrogens (tertiary/aromatic N) is 2. The number of carboxylic acids is 1. The minimum absolute atomic E-state index is 0.0884. The van der Waals surface area contributed by atoms with Crippen LogP contribution in [0.1, 0.15) is 24.3 Å². The van der Waals surface area contributed by atoms with Crippen LogP contribution < -0.4 is 10.5 Å². The third-order valence-corrected chi connectivity index (χ3v) is 1.34. The van der Waals surface area contributed by atoms with Crippen molar-refractivity contribution in [3.05, 3.63) is 11.9 Å². The van der Waals surface area contributed by atoms with Crippen molar-refractivity contribution in [2.75, 3.05) is 5.73 Å². The van der Waals surface area contributed by atoms with Crippen molar-refractivity contribution in [3.8, 4) is 5.88 Å². The summed E-state index contributed by atoms with van der Waals surface area (Å²) in [6.07, 6.45) is 1.21. The third kappa shape index (κ3) is 2.32. The number of carboxylic acid groups (broad SMARTS) is 1. The average Bonchev–Trinajstić information content (AvgIpc) is 2.07. The summed E-state index contributed by atoms with van der Waals surface area (Å²) in [4.78, 5) is 18.0. The van der Waals surface area contributed by atoms with Gasteiger partial charge in [-0.1, -0.05) is 0 Å². The summed E-state index contributed by atoms with van der Waals surface area (Å²) in [7, 11) is 0. The van der Waals surface area contributed by atoms with Gasteiger partial charge >= 0.3 is 5.97 Å². The molecule has 0 aromatic carbocycles. The lowest BCUT2D eigenvalue weighted by atomic mass is 10.4. The second-order valence-corrected chi connectivity index (χ2v) is 2.91. The van der Waals surface area contributed by atoms with E-state index in [9.17, 15) is 4.79 Å². The molecule has 0 amide bonds. The van der Waals surface area contributed by atoms with Gasteiger partial charge in [0.1, 0.15) is 0 Å². The van der Waals surface area contributed by atoms with Crippen molar-refractivity contribution >= 4 is 11.8 Å². The molecule has 0 bridgehead atoms. The Hall–Kier alpha value is -1.85. The van der Waals surface area contributed by atoms with E-state index in [1.165, 1.54) is 6.20 Å². The molecule has 0 unspecified atom stereocenters. The zero-order valence-electron chi connectivity index (χ0n) is 7.89. The molecule has 76 valence electrons. The molecule has 0 aliphatic carbocycles. The van der Waals surface area contributed by atoms with Gasteiger partial charge in [-0.15, -0.1) is 0 Å². The Morgan fingerprint density at radius 2 is 2.29 bits per heavy atom. The quantitative estimate of drug-likeness (QED) is 0.733. The van der Waals surface area contributed by atoms with E-state index in [0.717, 1.165) is 0 Å². The van der Waals surface area contributed by atoms with Crippen molar-refractivity contribution < 1.29 is 14.6 Å². The normalized spacial score (nSPS) is 10.2. The minimum atomic E-state index is -1.22. The summed E-state index contributed by atoms with van der Waals surface area (Å²) < 4.78 is 5.17. The number of anilines is 1. The topological polar surface area (TPSA) is 98.3 Å². The lowest BCUT2D eigenvalue weighted by Gasteiger charge is -2.08. The number of hydrogen-bond donors (Lipinski definition) is 2. The maximum atomic E-state index is 10.6. The van der Waals surface area contributed by atoms with Gasteiger partial charge in [0, 0.05) is 0 Å². The largest absolute Gasteiger partial charge is 0.476 e. The molecule has 1 aromatic rings. The molecule has 0 atom stereocenters. The van der Waals surface area contributed by atoms with Crippen LogP contribution in [0, 0.1) is 0 Å². The number of aromatic nitrogens is 2. The maximum absolute atomic E-state index is 10.6. The summed E-state index contributed by atoms with van der Waals surface area (Å²) in [5.41, 5.74) is 5.02. The van der Waals surface area contributed by atoms with E-state index in [1.807, 2.05) is 0 Å². The van der Waals surface area contributed by atoms with Gasteiger partial charge in [0.2, 0.25) is 5.88 Å². The van der Waals surface area contributed by atoms with E-state index in [2.05, 4.69) is 9.97 Å². The van der Waals surface area contributed by atoms with Crippen LogP contribution in [0.5, 0.6) is 5.88 Å². The van der Waals surface area contributed by atoms with Gasteiger partial charge in [-0.05, 0) is 13.8 Å². The van der Waals surface area contributed by atoms with Crippen molar-refractivity contribution in [1.29, 1.82) is 0 Å². The Labute approximate surface area is 80.7 Å². The van der Waals surface area contributed by atoms with E-state index in [1.54, 1.807) is 13.8 Å². The zero-order valence-corrected chi connectivity index (χ0v) is 7.89. The fourth-order valence-corrected chi connectivity index (χ4v) is 0.838. The van der Waals surface area contributed by atoms with E-state index < -0.39 is 5.97 Å². The Bertz CT molecular complexity index is 352. The monoisotopic (exact) mass is 197 g/mol. The van der Waals surface area contributed by atoms with E-state index in [-0.39, 0.29) is 23.5 Å². The van der Waals surface area contributed by atoms with Gasteiger partial charge < -0.3 is 15.6 Å². The molecule has 1 rings (SSSR count). The average molecular weight is 197 g/mol. The van der Waals surface area contributed by atoms with Crippen LogP contribution in [-0.4, -0.2) is 27.1 Å². The first-order valence-electron chi connectivity index (χ1n) is 4.03. The molecule has 0 fully saturated rings. The molecule has 1 aromatic heterocycles. The number of hydrogen-bond acceptors (Lipinski definition) is 5. The van der Waals surface area contributed by atoms with Crippen LogP contribution in [0.25, 0.3) is 0 Å². The predicted octanol–water partition coefficient (Wildman–Crippen LogP) is 0.544. The first-order chi connectivity index (χ1) is 6.50. The van der Waals surface area contributed by atoms with Crippen LogP contribution in [0.2, 0.25) is 0 Å². The summed E-state index contributed by atoms with van der Waals surface area (Å²) in [6, 6.07) is 0. The maximum Gasteiger partial charge on any atom is 0.358 e. The van der Waals surface area contributed by atoms with Crippen molar-refractivity contribution in [2.45, 2.75) is 20.0 Å². The van der Waals surface area contributed by atoms with E-state index in [4.69, 9.17) is 15.6 Å². The summed E-state index contributed by atoms with van der Waals surface area (Å²) in [5.74, 6) is -1.18. The lowest BCUT2D eigenvalue weighted by Crippen LogP contribution is -2.12. The minimum Gasteiger partial charge on any atom is -0.476 e. The van der Waals surface area contributed by atoms with Gasteiger partial charge in [-0.2, -0.15) is 0 Å². The number of aromatic carboxylic acids is 1. The van der Waals surface area contributed by atoms with Gasteiger partial charge in [0.25, 0.3) is 0 Å². The Morgan fingerprint density at radius 3 is 2.79 bits per heavy atom. The Kier molecular flexibility index (Phi) is 2.85. The number of nitrogen functional groups attached to an aromatic ring is 1. The molecule has 14 heavy (non-hydrogen) atoms. The second kappa shape index (κ2) is 3.91. The molecular weight excluding hydrogens is 186 g/mol. The number of carbonyl (C=O) groups is 1. The van der Waals surface area contributed by atoms with Crippen LogP contribution >= 0.6 is 0 Å². The molecule has 0 aliphatic rings. The highest BCUT2D eigenvalue weighted by Crippen LogP contribution is 2.12. The Balaban J connectivity index is 3.00. The van der Waals surface area contributed by atoms with Crippen molar-refractivity contribution in [1.82, 2.24) is 9.97 Å². The first kappa shape index (κ1) is 10.2. The van der Waals surface area contributed by atoms with Crippen LogP contribution in [0.3, 0.4) is 0 Å².